The number of carbonyl (C=O) groups is 1. The van der Waals surface area contributed by atoms with Crippen LogP contribution in [0, 0.1) is 5.92 Å². The Balaban J connectivity index is 2.27. The Morgan fingerprint density at radius 2 is 1.90 bits per heavy atom. The number of aliphatic hydroxyl groups excluding tert-OH is 1. The SMILES string of the molecule is N[C@H](CC1CCCCC1)C(O)C(=O)NNCC(F)(F)F. The first kappa shape index (κ1) is 17.2. The van der Waals surface area contributed by atoms with Gasteiger partial charge in [-0.25, -0.2) is 5.43 Å². The summed E-state index contributed by atoms with van der Waals surface area (Å²) in [4.78, 5) is 11.4. The normalized spacial score (nSPS) is 20.4. The molecule has 0 aromatic heterocycles. The highest BCUT2D eigenvalue weighted by atomic mass is 19.4. The predicted octanol–water partition coefficient (Wildman–Crippen LogP) is 0.828. The lowest BCUT2D eigenvalue weighted by molar-refractivity contribution is -0.137. The fourth-order valence-corrected chi connectivity index (χ4v) is 2.44. The molecule has 5 N–H and O–H groups in total. The summed E-state index contributed by atoms with van der Waals surface area (Å²) in [5.41, 5.74) is 9.29. The Bertz CT molecular complexity index is 307. The van der Waals surface area contributed by atoms with E-state index in [1.807, 2.05) is 5.43 Å². The standard InChI is InChI=1S/C12H22F3N3O2/c13-12(14,15)7-17-18-11(20)10(19)9(16)6-8-4-2-1-3-5-8/h8-10,17,19H,1-7,16H2,(H,18,20)/t9-,10?/m1/s1. The van der Waals surface area contributed by atoms with Crippen LogP contribution in [0.3, 0.4) is 0 Å². The third-order valence-electron chi connectivity index (χ3n) is 3.50. The highest BCUT2D eigenvalue weighted by Crippen LogP contribution is 2.27. The van der Waals surface area contributed by atoms with Crippen LogP contribution in [0.25, 0.3) is 0 Å². The van der Waals surface area contributed by atoms with E-state index in [-0.39, 0.29) is 0 Å². The van der Waals surface area contributed by atoms with Crippen molar-refractivity contribution < 1.29 is 23.1 Å². The Kier molecular flexibility index (Phi) is 6.70. The van der Waals surface area contributed by atoms with Crippen molar-refractivity contribution in [2.45, 2.75) is 56.8 Å². The molecule has 0 bridgehead atoms. The molecule has 0 heterocycles. The van der Waals surface area contributed by atoms with Gasteiger partial charge in [0.05, 0.1) is 0 Å². The largest absolute Gasteiger partial charge is 0.402 e. The van der Waals surface area contributed by atoms with Gasteiger partial charge in [0.15, 0.2) is 0 Å². The maximum absolute atomic E-state index is 11.9. The van der Waals surface area contributed by atoms with Crippen molar-refractivity contribution in [3.63, 3.8) is 0 Å². The number of hydrogen-bond acceptors (Lipinski definition) is 4. The van der Waals surface area contributed by atoms with Crippen LogP contribution in [0.2, 0.25) is 0 Å². The average Bonchev–Trinajstić information content (AvgIpc) is 2.37. The molecule has 118 valence electrons. The molecule has 2 atom stereocenters. The Morgan fingerprint density at radius 3 is 2.45 bits per heavy atom. The van der Waals surface area contributed by atoms with Gasteiger partial charge >= 0.3 is 6.18 Å². The Hall–Kier alpha value is -0.860. The zero-order valence-corrected chi connectivity index (χ0v) is 11.2. The molecule has 1 aliphatic carbocycles. The van der Waals surface area contributed by atoms with Crippen LogP contribution in [0.4, 0.5) is 13.2 Å². The van der Waals surface area contributed by atoms with E-state index in [2.05, 4.69) is 0 Å². The molecule has 1 unspecified atom stereocenters. The van der Waals surface area contributed by atoms with E-state index in [1.165, 1.54) is 6.42 Å². The maximum Gasteiger partial charge on any atom is 0.402 e. The number of nitrogens with two attached hydrogens (primary N) is 1. The van der Waals surface area contributed by atoms with Crippen molar-refractivity contribution in [2.75, 3.05) is 6.54 Å². The molecule has 0 aromatic rings. The molecule has 1 aliphatic rings. The fourth-order valence-electron chi connectivity index (χ4n) is 2.44. The fraction of sp³-hybridized carbons (Fsp3) is 0.917. The van der Waals surface area contributed by atoms with Crippen LogP contribution in [-0.4, -0.2) is 35.9 Å². The number of hydrazine groups is 1. The van der Waals surface area contributed by atoms with Crippen molar-refractivity contribution in [3.05, 3.63) is 0 Å². The first-order chi connectivity index (χ1) is 9.29. The summed E-state index contributed by atoms with van der Waals surface area (Å²) in [5.74, 6) is -0.554. The third-order valence-corrected chi connectivity index (χ3v) is 3.50. The maximum atomic E-state index is 11.9. The number of aliphatic hydroxyl groups is 1. The molecular formula is C12H22F3N3O2. The van der Waals surface area contributed by atoms with Gasteiger partial charge in [0.2, 0.25) is 0 Å². The lowest BCUT2D eigenvalue weighted by Gasteiger charge is -2.26. The van der Waals surface area contributed by atoms with Crippen LogP contribution < -0.4 is 16.6 Å². The number of hydrogen-bond donors (Lipinski definition) is 4. The summed E-state index contributed by atoms with van der Waals surface area (Å²) in [5, 5.41) is 9.69. The van der Waals surface area contributed by atoms with Gasteiger partial charge in [-0.2, -0.15) is 13.2 Å². The first-order valence-corrected chi connectivity index (χ1v) is 6.82. The zero-order valence-electron chi connectivity index (χ0n) is 11.2. The van der Waals surface area contributed by atoms with Gasteiger partial charge in [0, 0.05) is 6.04 Å². The smallest absolute Gasteiger partial charge is 0.382 e. The highest BCUT2D eigenvalue weighted by Gasteiger charge is 2.29. The highest BCUT2D eigenvalue weighted by molar-refractivity contribution is 5.80. The van der Waals surface area contributed by atoms with E-state index in [1.54, 1.807) is 5.43 Å². The van der Waals surface area contributed by atoms with Gasteiger partial charge in [-0.05, 0) is 12.3 Å². The molecule has 0 saturated heterocycles. The molecule has 1 rings (SSSR count). The van der Waals surface area contributed by atoms with Crippen molar-refractivity contribution in [1.29, 1.82) is 0 Å². The molecule has 5 nitrogen and oxygen atoms in total. The minimum absolute atomic E-state index is 0.379. The number of halogens is 3. The van der Waals surface area contributed by atoms with Crippen molar-refractivity contribution in [1.82, 2.24) is 10.9 Å². The topological polar surface area (TPSA) is 87.4 Å². The summed E-state index contributed by atoms with van der Waals surface area (Å²) in [7, 11) is 0. The monoisotopic (exact) mass is 297 g/mol. The second kappa shape index (κ2) is 7.80. The van der Waals surface area contributed by atoms with E-state index in [4.69, 9.17) is 5.73 Å². The number of alkyl halides is 3. The molecule has 1 amide bonds. The van der Waals surface area contributed by atoms with Crippen molar-refractivity contribution >= 4 is 5.91 Å². The van der Waals surface area contributed by atoms with E-state index in [9.17, 15) is 23.1 Å². The molecule has 0 spiro atoms. The summed E-state index contributed by atoms with van der Waals surface area (Å²) >= 11 is 0. The van der Waals surface area contributed by atoms with Gasteiger partial charge in [-0.15, -0.1) is 0 Å². The third kappa shape index (κ3) is 6.53. The molecular weight excluding hydrogens is 275 g/mol. The Labute approximate surface area is 116 Å². The van der Waals surface area contributed by atoms with Crippen LogP contribution in [0.15, 0.2) is 0 Å². The summed E-state index contributed by atoms with van der Waals surface area (Å²) < 4.78 is 35.6. The van der Waals surface area contributed by atoms with Crippen molar-refractivity contribution in [2.24, 2.45) is 11.7 Å². The van der Waals surface area contributed by atoms with Crippen LogP contribution in [-0.2, 0) is 4.79 Å². The van der Waals surface area contributed by atoms with E-state index < -0.39 is 30.8 Å². The van der Waals surface area contributed by atoms with Crippen molar-refractivity contribution in [3.8, 4) is 0 Å². The van der Waals surface area contributed by atoms with Crippen LogP contribution in [0.5, 0.6) is 0 Å². The van der Waals surface area contributed by atoms with Gasteiger partial charge in [-0.3, -0.25) is 10.2 Å². The van der Waals surface area contributed by atoms with E-state index >= 15 is 0 Å². The molecule has 0 aromatic carbocycles. The lowest BCUT2D eigenvalue weighted by Crippen LogP contribution is -2.52. The predicted molar refractivity (Wildman–Crippen MR) is 67.4 cm³/mol. The number of nitrogens with one attached hydrogen (secondary N) is 2. The van der Waals surface area contributed by atoms with Gasteiger partial charge in [0.1, 0.15) is 12.6 Å². The van der Waals surface area contributed by atoms with Gasteiger partial charge < -0.3 is 10.8 Å². The average molecular weight is 297 g/mol. The molecule has 1 saturated carbocycles. The Morgan fingerprint density at radius 1 is 1.30 bits per heavy atom. The number of rotatable bonds is 6. The minimum Gasteiger partial charge on any atom is -0.382 e. The molecule has 0 aliphatic heterocycles. The molecule has 8 heteroatoms. The van der Waals surface area contributed by atoms with E-state index in [0.717, 1.165) is 25.7 Å². The minimum atomic E-state index is -4.43. The van der Waals surface area contributed by atoms with Crippen LogP contribution >= 0.6 is 0 Å². The second-order valence-corrected chi connectivity index (χ2v) is 5.31. The zero-order chi connectivity index (χ0) is 15.2. The van der Waals surface area contributed by atoms with E-state index in [0.29, 0.717) is 12.3 Å². The summed E-state index contributed by atoms with van der Waals surface area (Å²) in [6, 6.07) is -0.759. The molecule has 1 fully saturated rings. The van der Waals surface area contributed by atoms with Gasteiger partial charge in [-0.1, -0.05) is 32.1 Å². The lowest BCUT2D eigenvalue weighted by atomic mass is 9.84. The van der Waals surface area contributed by atoms with Crippen LogP contribution in [0.1, 0.15) is 38.5 Å². The number of amides is 1. The molecule has 0 radical (unpaired) electrons. The molecule has 20 heavy (non-hydrogen) atoms. The number of carbonyl (C=O) groups excluding carboxylic acids is 1. The van der Waals surface area contributed by atoms with Gasteiger partial charge in [0.25, 0.3) is 5.91 Å². The quantitative estimate of drug-likeness (QED) is 0.547. The summed E-state index contributed by atoms with van der Waals surface area (Å²) in [6.07, 6.45) is 0.0482. The second-order valence-electron chi connectivity index (χ2n) is 5.31. The first-order valence-electron chi connectivity index (χ1n) is 6.82. The summed E-state index contributed by atoms with van der Waals surface area (Å²) in [6.45, 7) is -1.36.